The number of aliphatic hydroxyl groups is 3. The number of epoxide rings is 1. The van der Waals surface area contributed by atoms with Crippen LogP contribution in [0.25, 0.3) is 0 Å². The van der Waals surface area contributed by atoms with E-state index in [9.17, 15) is 0 Å². The summed E-state index contributed by atoms with van der Waals surface area (Å²) in [4.78, 5) is 0. The Balaban J connectivity index is 0.000000189. The molecule has 14 heavy (non-hydrogen) atoms. The molecule has 0 aliphatic carbocycles. The van der Waals surface area contributed by atoms with Gasteiger partial charge >= 0.3 is 0 Å². The Morgan fingerprint density at radius 2 is 1.29 bits per heavy atom. The Labute approximate surface area is 84.3 Å². The summed E-state index contributed by atoms with van der Waals surface area (Å²) in [6.45, 7) is 3.27. The molecule has 5 nitrogen and oxygen atoms in total. The topological polar surface area (TPSA) is 82.5 Å². The summed E-state index contributed by atoms with van der Waals surface area (Å²) in [5, 5.41) is 24.0. The van der Waals surface area contributed by atoms with Gasteiger partial charge in [-0.2, -0.15) is 0 Å². The highest BCUT2D eigenvalue weighted by molar-refractivity contribution is 4.44. The van der Waals surface area contributed by atoms with Crippen molar-refractivity contribution in [3.8, 4) is 0 Å². The number of rotatable bonds is 2. The van der Waals surface area contributed by atoms with E-state index in [1.165, 1.54) is 12.8 Å². The highest BCUT2D eigenvalue weighted by Gasteiger charge is 1.95. The third-order valence-electron chi connectivity index (χ3n) is 1.45. The van der Waals surface area contributed by atoms with Gasteiger partial charge in [0.1, 0.15) is 6.10 Å². The van der Waals surface area contributed by atoms with Crippen LogP contribution in [0.4, 0.5) is 0 Å². The van der Waals surface area contributed by atoms with Crippen LogP contribution in [-0.2, 0) is 9.47 Å². The lowest BCUT2D eigenvalue weighted by atomic mass is 10.4. The van der Waals surface area contributed by atoms with Crippen LogP contribution in [0.1, 0.15) is 12.8 Å². The van der Waals surface area contributed by atoms with Gasteiger partial charge in [0.05, 0.1) is 26.4 Å². The van der Waals surface area contributed by atoms with Crippen LogP contribution >= 0.6 is 0 Å². The molecule has 0 bridgehead atoms. The van der Waals surface area contributed by atoms with E-state index in [0.29, 0.717) is 0 Å². The van der Waals surface area contributed by atoms with E-state index in [4.69, 9.17) is 20.1 Å². The maximum Gasteiger partial charge on any atom is 0.100 e. The number of hydrogen-bond donors (Lipinski definition) is 3. The zero-order valence-corrected chi connectivity index (χ0v) is 8.39. The summed E-state index contributed by atoms with van der Waals surface area (Å²) in [7, 11) is 0. The first kappa shape index (κ1) is 13.8. The highest BCUT2D eigenvalue weighted by atomic mass is 16.6. The molecule has 0 aromatic heterocycles. The van der Waals surface area contributed by atoms with Gasteiger partial charge in [0.2, 0.25) is 0 Å². The molecule has 2 aliphatic heterocycles. The predicted octanol–water partition coefficient (Wildman–Crippen LogP) is -0.855. The maximum absolute atomic E-state index is 8.17. The Morgan fingerprint density at radius 3 is 1.36 bits per heavy atom. The van der Waals surface area contributed by atoms with E-state index in [1.807, 2.05) is 0 Å². The minimum Gasteiger partial charge on any atom is -0.394 e. The maximum atomic E-state index is 8.17. The third-order valence-corrected chi connectivity index (χ3v) is 1.45. The zero-order valence-electron chi connectivity index (χ0n) is 8.39. The van der Waals surface area contributed by atoms with Crippen LogP contribution in [0.3, 0.4) is 0 Å². The van der Waals surface area contributed by atoms with Gasteiger partial charge in [0.25, 0.3) is 0 Å². The van der Waals surface area contributed by atoms with E-state index in [2.05, 4.69) is 4.74 Å². The summed E-state index contributed by atoms with van der Waals surface area (Å²) in [5.41, 5.74) is 0. The summed E-state index contributed by atoms with van der Waals surface area (Å²) < 4.78 is 9.44. The van der Waals surface area contributed by atoms with Gasteiger partial charge in [0.15, 0.2) is 0 Å². The number of hydrogen-bond acceptors (Lipinski definition) is 5. The van der Waals surface area contributed by atoms with Gasteiger partial charge in [-0.15, -0.1) is 0 Å². The highest BCUT2D eigenvalue weighted by Crippen LogP contribution is 1.98. The molecule has 5 heteroatoms. The molecule has 0 radical (unpaired) electrons. The molecule has 2 aliphatic rings. The summed E-state index contributed by atoms with van der Waals surface area (Å²) >= 11 is 0. The zero-order chi connectivity index (χ0) is 10.6. The van der Waals surface area contributed by atoms with Gasteiger partial charge in [-0.3, -0.25) is 0 Å². The first-order chi connectivity index (χ1) is 6.81. The summed E-state index contributed by atoms with van der Waals surface area (Å²) in [5.74, 6) is 0. The molecule has 0 unspecified atom stereocenters. The fraction of sp³-hybridized carbons (Fsp3) is 1.00. The fourth-order valence-electron chi connectivity index (χ4n) is 0.568. The van der Waals surface area contributed by atoms with Crippen molar-refractivity contribution in [2.75, 3.05) is 39.6 Å². The molecular formula is C9H20O5. The molecule has 0 atom stereocenters. The van der Waals surface area contributed by atoms with E-state index in [-0.39, 0.29) is 13.2 Å². The Bertz CT molecular complexity index is 89.0. The molecule has 2 heterocycles. The van der Waals surface area contributed by atoms with Gasteiger partial charge in [-0.05, 0) is 12.8 Å². The molecular weight excluding hydrogens is 188 g/mol. The molecule has 0 amide bonds. The Morgan fingerprint density at radius 1 is 0.857 bits per heavy atom. The monoisotopic (exact) mass is 208 g/mol. The van der Waals surface area contributed by atoms with Crippen molar-refractivity contribution in [2.45, 2.75) is 18.9 Å². The average molecular weight is 208 g/mol. The second-order valence-electron chi connectivity index (χ2n) is 2.95. The molecule has 86 valence electrons. The molecule has 2 fully saturated rings. The predicted molar refractivity (Wildman–Crippen MR) is 51.1 cm³/mol. The van der Waals surface area contributed by atoms with Crippen molar-refractivity contribution < 1.29 is 24.8 Å². The minimum absolute atomic E-state index is 0.365. The van der Waals surface area contributed by atoms with Crippen molar-refractivity contribution >= 4 is 0 Å². The van der Waals surface area contributed by atoms with Crippen molar-refractivity contribution in [2.24, 2.45) is 0 Å². The van der Waals surface area contributed by atoms with Gasteiger partial charge in [-0.25, -0.2) is 0 Å². The van der Waals surface area contributed by atoms with Crippen LogP contribution in [0.2, 0.25) is 0 Å². The van der Waals surface area contributed by atoms with Crippen molar-refractivity contribution in [3.63, 3.8) is 0 Å². The van der Waals surface area contributed by atoms with Crippen LogP contribution in [0, 0.1) is 0 Å². The van der Waals surface area contributed by atoms with Gasteiger partial charge in [-0.1, -0.05) is 0 Å². The van der Waals surface area contributed by atoms with Crippen LogP contribution < -0.4 is 0 Å². The number of ether oxygens (including phenoxy) is 2. The molecule has 2 saturated heterocycles. The second kappa shape index (κ2) is 10.9. The quantitative estimate of drug-likeness (QED) is 0.515. The van der Waals surface area contributed by atoms with Crippen molar-refractivity contribution in [3.05, 3.63) is 0 Å². The van der Waals surface area contributed by atoms with Gasteiger partial charge in [0, 0.05) is 13.2 Å². The van der Waals surface area contributed by atoms with Crippen LogP contribution in [0.5, 0.6) is 0 Å². The average Bonchev–Trinajstić information content (AvgIpc) is 3.00. The SMILES string of the molecule is C1CCOC1.C1CO1.OCC(O)CO. The first-order valence-electron chi connectivity index (χ1n) is 4.86. The van der Waals surface area contributed by atoms with E-state index in [0.717, 1.165) is 26.4 Å². The molecule has 0 aromatic rings. The molecule has 2 rings (SSSR count). The van der Waals surface area contributed by atoms with Crippen LogP contribution in [0.15, 0.2) is 0 Å². The standard InChI is InChI=1S/C4H8O.C3H8O3.C2H4O/c1-2-4-5-3-1;4-1-3(6)2-5;1-2-3-1/h1-4H2;3-6H,1-2H2;1-2H2. The molecule has 0 spiro atoms. The molecule has 0 aromatic carbocycles. The second-order valence-corrected chi connectivity index (χ2v) is 2.95. The summed E-state index contributed by atoms with van der Waals surface area (Å²) in [6, 6.07) is 0. The lowest BCUT2D eigenvalue weighted by Gasteiger charge is -1.96. The Hall–Kier alpha value is -0.200. The van der Waals surface area contributed by atoms with Crippen LogP contribution in [-0.4, -0.2) is 61.1 Å². The lowest BCUT2D eigenvalue weighted by molar-refractivity contribution is 0.0450. The summed E-state index contributed by atoms with van der Waals surface area (Å²) in [6.07, 6.45) is 1.60. The van der Waals surface area contributed by atoms with E-state index >= 15 is 0 Å². The van der Waals surface area contributed by atoms with Crippen molar-refractivity contribution in [1.29, 1.82) is 0 Å². The van der Waals surface area contributed by atoms with E-state index < -0.39 is 6.10 Å². The lowest BCUT2D eigenvalue weighted by Crippen LogP contribution is -2.15. The van der Waals surface area contributed by atoms with Crippen molar-refractivity contribution in [1.82, 2.24) is 0 Å². The minimum atomic E-state index is -0.954. The molecule has 0 saturated carbocycles. The number of aliphatic hydroxyl groups excluding tert-OH is 3. The molecule has 3 N–H and O–H groups in total. The normalized spacial score (nSPS) is 18.0. The van der Waals surface area contributed by atoms with E-state index in [1.54, 1.807) is 0 Å². The third kappa shape index (κ3) is 14.3. The Kier molecular flexibility index (Phi) is 10.7. The first-order valence-corrected chi connectivity index (χ1v) is 4.86. The fourth-order valence-corrected chi connectivity index (χ4v) is 0.568. The van der Waals surface area contributed by atoms with Gasteiger partial charge < -0.3 is 24.8 Å². The largest absolute Gasteiger partial charge is 0.394 e. The smallest absolute Gasteiger partial charge is 0.100 e.